The van der Waals surface area contributed by atoms with Crippen LogP contribution >= 0.6 is 0 Å². The molecule has 0 bridgehead atoms. The monoisotopic (exact) mass is 298 g/mol. The maximum atomic E-state index is 13.2. The molecule has 0 aliphatic rings. The van der Waals surface area contributed by atoms with Gasteiger partial charge in [0.1, 0.15) is 17.2 Å². The SMILES string of the molecule is COC(=O)/C=C(/Nc1cc(F)ccc1[N+](=O)[O-])C(=O)OC. The van der Waals surface area contributed by atoms with Crippen molar-refractivity contribution in [2.45, 2.75) is 0 Å². The van der Waals surface area contributed by atoms with Gasteiger partial charge in [-0.2, -0.15) is 0 Å². The predicted octanol–water partition coefficient (Wildman–Crippen LogP) is 1.38. The summed E-state index contributed by atoms with van der Waals surface area (Å²) in [4.78, 5) is 32.8. The molecule has 8 nitrogen and oxygen atoms in total. The molecule has 0 spiro atoms. The molecule has 0 heterocycles. The smallest absolute Gasteiger partial charge is 0.354 e. The van der Waals surface area contributed by atoms with Crippen molar-refractivity contribution >= 4 is 23.3 Å². The fourth-order valence-corrected chi connectivity index (χ4v) is 1.35. The number of esters is 2. The van der Waals surface area contributed by atoms with E-state index in [1.165, 1.54) is 0 Å². The lowest BCUT2D eigenvalue weighted by Gasteiger charge is -2.09. The van der Waals surface area contributed by atoms with Gasteiger partial charge in [-0.05, 0) is 6.07 Å². The fraction of sp³-hybridized carbons (Fsp3) is 0.167. The van der Waals surface area contributed by atoms with Gasteiger partial charge >= 0.3 is 11.9 Å². The minimum Gasteiger partial charge on any atom is -0.466 e. The molecule has 9 heteroatoms. The van der Waals surface area contributed by atoms with Crippen molar-refractivity contribution in [3.8, 4) is 0 Å². The third-order valence-electron chi connectivity index (χ3n) is 2.29. The molecular weight excluding hydrogens is 287 g/mol. The number of hydrogen-bond acceptors (Lipinski definition) is 7. The topological polar surface area (TPSA) is 108 Å². The standard InChI is InChI=1S/C12H11FN2O6/c1-20-11(16)6-9(12(17)21-2)14-8-5-7(13)3-4-10(8)15(18)19/h3-6,14H,1-2H3/b9-6+. The first-order valence-electron chi connectivity index (χ1n) is 5.48. The van der Waals surface area contributed by atoms with E-state index in [9.17, 15) is 24.1 Å². The van der Waals surface area contributed by atoms with Crippen LogP contribution in [0.4, 0.5) is 15.8 Å². The highest BCUT2D eigenvalue weighted by Crippen LogP contribution is 2.26. The summed E-state index contributed by atoms with van der Waals surface area (Å²) in [6.07, 6.45) is 0.737. The van der Waals surface area contributed by atoms with Crippen LogP contribution in [-0.2, 0) is 19.1 Å². The Bertz CT molecular complexity index is 614. The van der Waals surface area contributed by atoms with Crippen LogP contribution in [-0.4, -0.2) is 31.1 Å². The number of rotatable bonds is 5. The van der Waals surface area contributed by atoms with Gasteiger partial charge in [0.2, 0.25) is 0 Å². The summed E-state index contributed by atoms with van der Waals surface area (Å²) in [5.74, 6) is -2.62. The third-order valence-corrected chi connectivity index (χ3v) is 2.29. The summed E-state index contributed by atoms with van der Waals surface area (Å²) in [7, 11) is 2.13. The summed E-state index contributed by atoms with van der Waals surface area (Å²) in [6.45, 7) is 0. The van der Waals surface area contributed by atoms with Crippen molar-refractivity contribution in [3.63, 3.8) is 0 Å². The number of nitrogens with zero attached hydrogens (tertiary/aromatic N) is 1. The lowest BCUT2D eigenvalue weighted by molar-refractivity contribution is -0.384. The number of benzene rings is 1. The van der Waals surface area contributed by atoms with Gasteiger partial charge in [-0.3, -0.25) is 10.1 Å². The average Bonchev–Trinajstić information content (AvgIpc) is 2.45. The molecule has 0 unspecified atom stereocenters. The Morgan fingerprint density at radius 1 is 1.33 bits per heavy atom. The highest BCUT2D eigenvalue weighted by Gasteiger charge is 2.19. The first-order chi connectivity index (χ1) is 9.88. The molecule has 21 heavy (non-hydrogen) atoms. The van der Waals surface area contributed by atoms with E-state index in [2.05, 4.69) is 14.8 Å². The second-order valence-corrected chi connectivity index (χ2v) is 3.62. The molecule has 0 saturated heterocycles. The third kappa shape index (κ3) is 4.27. The molecule has 1 aromatic carbocycles. The number of halogens is 1. The molecule has 0 fully saturated rings. The van der Waals surface area contributed by atoms with E-state index in [1.807, 2.05) is 0 Å². The Morgan fingerprint density at radius 2 is 2.00 bits per heavy atom. The average molecular weight is 298 g/mol. The predicted molar refractivity (Wildman–Crippen MR) is 68.8 cm³/mol. The van der Waals surface area contributed by atoms with Gasteiger partial charge in [-0.15, -0.1) is 0 Å². The van der Waals surface area contributed by atoms with Crippen LogP contribution < -0.4 is 5.32 Å². The normalized spacial score (nSPS) is 10.7. The Labute approximate surface area is 118 Å². The molecule has 112 valence electrons. The van der Waals surface area contributed by atoms with Crippen LogP contribution in [0.15, 0.2) is 30.0 Å². The van der Waals surface area contributed by atoms with Gasteiger partial charge in [0.15, 0.2) is 0 Å². The van der Waals surface area contributed by atoms with Crippen molar-refractivity contribution in [2.75, 3.05) is 19.5 Å². The largest absolute Gasteiger partial charge is 0.466 e. The molecule has 1 aromatic rings. The lowest BCUT2D eigenvalue weighted by atomic mass is 10.2. The lowest BCUT2D eigenvalue weighted by Crippen LogP contribution is -2.16. The van der Waals surface area contributed by atoms with Gasteiger partial charge in [0.05, 0.1) is 25.2 Å². The zero-order chi connectivity index (χ0) is 16.0. The van der Waals surface area contributed by atoms with Gasteiger partial charge in [0, 0.05) is 12.1 Å². The minimum absolute atomic E-state index is 0.305. The summed E-state index contributed by atoms with van der Waals surface area (Å²) >= 11 is 0. The second-order valence-electron chi connectivity index (χ2n) is 3.62. The molecule has 1 N–H and O–H groups in total. The Kier molecular flexibility index (Phi) is 5.35. The van der Waals surface area contributed by atoms with Crippen molar-refractivity contribution in [1.29, 1.82) is 0 Å². The molecule has 0 aliphatic heterocycles. The van der Waals surface area contributed by atoms with Crippen LogP contribution in [0.1, 0.15) is 0 Å². The number of methoxy groups -OCH3 is 2. The van der Waals surface area contributed by atoms with Crippen LogP contribution in [0, 0.1) is 15.9 Å². The molecular formula is C12H11FN2O6. The van der Waals surface area contributed by atoms with Gasteiger partial charge in [0.25, 0.3) is 5.69 Å². The number of carbonyl (C=O) groups excluding carboxylic acids is 2. The van der Waals surface area contributed by atoms with Crippen molar-refractivity contribution < 1.29 is 28.4 Å². The van der Waals surface area contributed by atoms with E-state index in [0.717, 1.165) is 38.5 Å². The molecule has 0 saturated carbocycles. The maximum Gasteiger partial charge on any atom is 0.354 e. The number of carbonyl (C=O) groups is 2. The zero-order valence-corrected chi connectivity index (χ0v) is 11.1. The van der Waals surface area contributed by atoms with E-state index in [0.29, 0.717) is 0 Å². The summed E-state index contributed by atoms with van der Waals surface area (Å²) in [5.41, 5.74) is -1.21. The van der Waals surface area contributed by atoms with Crippen LogP contribution in [0.5, 0.6) is 0 Å². The van der Waals surface area contributed by atoms with Crippen molar-refractivity contribution in [3.05, 3.63) is 45.9 Å². The van der Waals surface area contributed by atoms with E-state index in [4.69, 9.17) is 0 Å². The van der Waals surface area contributed by atoms with Gasteiger partial charge < -0.3 is 14.8 Å². The van der Waals surface area contributed by atoms with Crippen molar-refractivity contribution in [2.24, 2.45) is 0 Å². The van der Waals surface area contributed by atoms with E-state index < -0.39 is 34.1 Å². The van der Waals surface area contributed by atoms with Crippen LogP contribution in [0.25, 0.3) is 0 Å². The number of ether oxygens (including phenoxy) is 2. The highest BCUT2D eigenvalue weighted by atomic mass is 19.1. The van der Waals surface area contributed by atoms with Crippen LogP contribution in [0.2, 0.25) is 0 Å². The number of nitro benzene ring substituents is 1. The summed E-state index contributed by atoms with van der Waals surface area (Å²) < 4.78 is 21.9. The second kappa shape index (κ2) is 6.98. The summed E-state index contributed by atoms with van der Waals surface area (Å²) in [6, 6.07) is 2.63. The van der Waals surface area contributed by atoms with E-state index >= 15 is 0 Å². The molecule has 0 radical (unpaired) electrons. The molecule has 0 atom stereocenters. The fourth-order valence-electron chi connectivity index (χ4n) is 1.35. The number of nitro groups is 1. The van der Waals surface area contributed by atoms with Crippen molar-refractivity contribution in [1.82, 2.24) is 0 Å². The maximum absolute atomic E-state index is 13.2. The Hall–Kier alpha value is -2.97. The zero-order valence-electron chi connectivity index (χ0n) is 11.1. The minimum atomic E-state index is -0.973. The highest BCUT2D eigenvalue weighted by molar-refractivity contribution is 5.99. The van der Waals surface area contributed by atoms with Gasteiger partial charge in [-0.1, -0.05) is 0 Å². The first kappa shape index (κ1) is 16.1. The first-order valence-corrected chi connectivity index (χ1v) is 5.48. The molecule has 0 aliphatic carbocycles. The molecule has 1 rings (SSSR count). The number of anilines is 1. The van der Waals surface area contributed by atoms with E-state index in [1.54, 1.807) is 0 Å². The quantitative estimate of drug-likeness (QED) is 0.378. The molecule has 0 amide bonds. The van der Waals surface area contributed by atoms with Crippen LogP contribution in [0.3, 0.4) is 0 Å². The molecule has 0 aromatic heterocycles. The number of nitrogens with one attached hydrogen (secondary N) is 1. The number of hydrogen-bond donors (Lipinski definition) is 1. The summed E-state index contributed by atoms with van der Waals surface area (Å²) in [5, 5.41) is 13.1. The Morgan fingerprint density at radius 3 is 2.52 bits per heavy atom. The Balaban J connectivity index is 3.23. The van der Waals surface area contributed by atoms with Gasteiger partial charge in [-0.25, -0.2) is 14.0 Å². The van der Waals surface area contributed by atoms with E-state index in [-0.39, 0.29) is 5.69 Å².